The molecule has 0 radical (unpaired) electrons. The first-order chi connectivity index (χ1) is 15.2. The number of benzene rings is 2. The Morgan fingerprint density at radius 1 is 0.935 bits per heavy atom. The van der Waals surface area contributed by atoms with Crippen molar-refractivity contribution < 1.29 is 14.3 Å². The van der Waals surface area contributed by atoms with Crippen LogP contribution in [0.4, 0.5) is 5.82 Å². The van der Waals surface area contributed by atoms with Crippen LogP contribution >= 0.6 is 0 Å². The minimum absolute atomic E-state index is 0.170. The number of carbonyl (C=O) groups is 1. The summed E-state index contributed by atoms with van der Waals surface area (Å²) in [7, 11) is 3.30. The lowest BCUT2D eigenvalue weighted by atomic mass is 9.90. The largest absolute Gasteiger partial charge is 0.493 e. The van der Waals surface area contributed by atoms with E-state index in [1.807, 2.05) is 55.6 Å². The van der Waals surface area contributed by atoms with E-state index in [0.29, 0.717) is 13.0 Å². The Morgan fingerprint density at radius 3 is 2.32 bits per heavy atom. The van der Waals surface area contributed by atoms with Gasteiger partial charge >= 0.3 is 5.97 Å². The fourth-order valence-corrected chi connectivity index (χ4v) is 3.57. The van der Waals surface area contributed by atoms with Crippen LogP contribution in [0.5, 0.6) is 5.75 Å². The number of carbonyl (C=O) groups excluding carboxylic acids is 1. The zero-order chi connectivity index (χ0) is 21.9. The van der Waals surface area contributed by atoms with Crippen molar-refractivity contribution in [3.8, 4) is 5.75 Å². The van der Waals surface area contributed by atoms with Gasteiger partial charge in [0, 0.05) is 25.6 Å². The topological polar surface area (TPSA) is 60.5 Å². The monoisotopic (exact) mass is 418 g/mol. The summed E-state index contributed by atoms with van der Waals surface area (Å²) in [5.41, 5.74) is 3.41. The Bertz CT molecular complexity index is 942. The van der Waals surface area contributed by atoms with Gasteiger partial charge in [-0.05, 0) is 54.2 Å². The molecule has 1 N–H and O–H groups in total. The summed E-state index contributed by atoms with van der Waals surface area (Å²) in [6.07, 6.45) is 2.80. The van der Waals surface area contributed by atoms with E-state index < -0.39 is 0 Å². The highest BCUT2D eigenvalue weighted by Crippen LogP contribution is 2.21. The lowest BCUT2D eigenvalue weighted by molar-refractivity contribution is -0.141. The number of nitrogens with zero attached hydrogens (tertiary/aromatic N) is 1. The van der Waals surface area contributed by atoms with E-state index >= 15 is 0 Å². The predicted octanol–water partition coefficient (Wildman–Crippen LogP) is 4.71. The summed E-state index contributed by atoms with van der Waals surface area (Å²) < 4.78 is 10.8. The van der Waals surface area contributed by atoms with Crippen LogP contribution in [-0.2, 0) is 28.8 Å². The van der Waals surface area contributed by atoms with Gasteiger partial charge in [-0.25, -0.2) is 4.98 Å². The third-order valence-electron chi connectivity index (χ3n) is 5.19. The number of methoxy groups -OCH3 is 1. The minimum Gasteiger partial charge on any atom is -0.493 e. The summed E-state index contributed by atoms with van der Waals surface area (Å²) in [5, 5.41) is 3.05. The van der Waals surface area contributed by atoms with E-state index in [1.165, 1.54) is 18.2 Å². The maximum atomic E-state index is 11.9. The maximum absolute atomic E-state index is 11.9. The van der Waals surface area contributed by atoms with Crippen molar-refractivity contribution >= 4 is 11.8 Å². The Kier molecular flexibility index (Phi) is 8.47. The Hall–Kier alpha value is -3.34. The van der Waals surface area contributed by atoms with Crippen molar-refractivity contribution in [2.24, 2.45) is 5.92 Å². The molecule has 0 amide bonds. The minimum atomic E-state index is -0.170. The van der Waals surface area contributed by atoms with Crippen LogP contribution < -0.4 is 10.1 Å². The van der Waals surface area contributed by atoms with E-state index in [-0.39, 0.29) is 11.9 Å². The molecule has 31 heavy (non-hydrogen) atoms. The van der Waals surface area contributed by atoms with Gasteiger partial charge in [0.25, 0.3) is 0 Å². The second-order valence-corrected chi connectivity index (χ2v) is 7.55. The molecule has 5 heteroatoms. The molecule has 3 rings (SSSR count). The Balaban J connectivity index is 1.54. The number of esters is 1. The summed E-state index contributed by atoms with van der Waals surface area (Å²) in [5.74, 6) is 1.71. The van der Waals surface area contributed by atoms with E-state index in [2.05, 4.69) is 34.6 Å². The zero-order valence-corrected chi connectivity index (χ0v) is 18.2. The molecule has 5 nitrogen and oxygen atoms in total. The fraction of sp³-hybridized carbons (Fsp3) is 0.308. The molecule has 0 spiro atoms. The average Bonchev–Trinajstić information content (AvgIpc) is 2.81. The van der Waals surface area contributed by atoms with Gasteiger partial charge in [0.1, 0.15) is 11.6 Å². The van der Waals surface area contributed by atoms with Crippen LogP contribution in [0.25, 0.3) is 0 Å². The number of ether oxygens (including phenoxy) is 2. The molecular weight excluding hydrogens is 388 g/mol. The molecule has 1 aromatic heterocycles. The van der Waals surface area contributed by atoms with Crippen molar-refractivity contribution in [3.63, 3.8) is 0 Å². The number of nitrogens with one attached hydrogen (secondary N) is 1. The summed E-state index contributed by atoms with van der Waals surface area (Å²) in [6.45, 7) is 0.568. The van der Waals surface area contributed by atoms with Crippen LogP contribution in [0.2, 0.25) is 0 Å². The first kappa shape index (κ1) is 22.3. The molecule has 0 aliphatic rings. The highest BCUT2D eigenvalue weighted by Gasteiger charge is 2.16. The van der Waals surface area contributed by atoms with E-state index in [9.17, 15) is 4.79 Å². The van der Waals surface area contributed by atoms with Crippen LogP contribution in [0, 0.1) is 5.92 Å². The molecule has 1 heterocycles. The maximum Gasteiger partial charge on any atom is 0.305 e. The number of aromatic nitrogens is 1. The zero-order valence-electron chi connectivity index (χ0n) is 18.2. The fourth-order valence-electron chi connectivity index (χ4n) is 3.57. The molecule has 0 aliphatic heterocycles. The smallest absolute Gasteiger partial charge is 0.305 e. The quantitative estimate of drug-likeness (QED) is 0.457. The van der Waals surface area contributed by atoms with E-state index in [4.69, 9.17) is 9.47 Å². The molecule has 3 aromatic rings. The number of hydrogen-bond acceptors (Lipinski definition) is 5. The van der Waals surface area contributed by atoms with E-state index in [1.54, 1.807) is 0 Å². The third-order valence-corrected chi connectivity index (χ3v) is 5.19. The van der Waals surface area contributed by atoms with Crippen molar-refractivity contribution in [1.29, 1.82) is 0 Å². The van der Waals surface area contributed by atoms with Gasteiger partial charge in [0.2, 0.25) is 0 Å². The van der Waals surface area contributed by atoms with Gasteiger partial charge < -0.3 is 14.8 Å². The van der Waals surface area contributed by atoms with Crippen LogP contribution in [0.15, 0.2) is 72.8 Å². The number of hydrogen-bond donors (Lipinski definition) is 1. The number of rotatable bonds is 11. The first-order valence-corrected chi connectivity index (χ1v) is 10.6. The predicted molar refractivity (Wildman–Crippen MR) is 123 cm³/mol. The van der Waals surface area contributed by atoms with Gasteiger partial charge in [-0.2, -0.15) is 0 Å². The molecule has 0 aliphatic carbocycles. The van der Waals surface area contributed by atoms with Gasteiger partial charge in [0.05, 0.1) is 13.7 Å². The third kappa shape index (κ3) is 7.45. The van der Waals surface area contributed by atoms with Crippen LogP contribution in [0.1, 0.15) is 23.2 Å². The lowest BCUT2D eigenvalue weighted by Gasteiger charge is -2.16. The SMILES string of the molecule is CNc1cccc(CCOc2ccc(CC(CC(=O)OC)Cc3ccccc3)cc2)n1. The van der Waals surface area contributed by atoms with Crippen LogP contribution in [0.3, 0.4) is 0 Å². The summed E-state index contributed by atoms with van der Waals surface area (Å²) >= 11 is 0. The van der Waals surface area contributed by atoms with Crippen molar-refractivity contribution in [2.75, 3.05) is 26.1 Å². The Morgan fingerprint density at radius 2 is 1.65 bits per heavy atom. The average molecular weight is 419 g/mol. The van der Waals surface area contributed by atoms with Crippen molar-refractivity contribution in [2.45, 2.75) is 25.7 Å². The van der Waals surface area contributed by atoms with Gasteiger partial charge in [0.15, 0.2) is 0 Å². The van der Waals surface area contributed by atoms with E-state index in [0.717, 1.165) is 36.5 Å². The normalized spacial score (nSPS) is 11.5. The van der Waals surface area contributed by atoms with Crippen molar-refractivity contribution in [3.05, 3.63) is 89.6 Å². The van der Waals surface area contributed by atoms with Crippen LogP contribution in [-0.4, -0.2) is 31.7 Å². The second kappa shape index (κ2) is 11.7. The summed E-state index contributed by atoms with van der Waals surface area (Å²) in [6, 6.07) is 24.3. The van der Waals surface area contributed by atoms with Crippen molar-refractivity contribution in [1.82, 2.24) is 4.98 Å². The molecule has 0 saturated heterocycles. The molecule has 0 fully saturated rings. The number of anilines is 1. The molecule has 0 saturated carbocycles. The number of pyridine rings is 1. The Labute approximate surface area is 184 Å². The van der Waals surface area contributed by atoms with Gasteiger partial charge in [-0.3, -0.25) is 4.79 Å². The molecule has 2 aromatic carbocycles. The highest BCUT2D eigenvalue weighted by molar-refractivity contribution is 5.69. The first-order valence-electron chi connectivity index (χ1n) is 10.6. The molecule has 1 atom stereocenters. The highest BCUT2D eigenvalue weighted by atomic mass is 16.5. The molecule has 0 bridgehead atoms. The second-order valence-electron chi connectivity index (χ2n) is 7.55. The molecule has 1 unspecified atom stereocenters. The summed E-state index contributed by atoms with van der Waals surface area (Å²) in [4.78, 5) is 16.4. The standard InChI is InChI=1S/C26H30N2O3/c1-27-25-10-6-9-23(28-25)15-16-31-24-13-11-21(12-14-24)18-22(19-26(29)30-2)17-20-7-4-3-5-8-20/h3-14,22H,15-19H2,1-2H3,(H,27,28). The van der Waals surface area contributed by atoms with Gasteiger partial charge in [-0.1, -0.05) is 48.5 Å². The molecular formula is C26H30N2O3. The lowest BCUT2D eigenvalue weighted by Crippen LogP contribution is -2.15. The molecule has 162 valence electrons. The van der Waals surface area contributed by atoms with Gasteiger partial charge in [-0.15, -0.1) is 0 Å².